The smallest absolute Gasteiger partial charge is 0.236 e. The zero-order chi connectivity index (χ0) is 22.4. The van der Waals surface area contributed by atoms with Gasteiger partial charge in [0.1, 0.15) is 0 Å². The van der Waals surface area contributed by atoms with Crippen molar-refractivity contribution in [3.63, 3.8) is 0 Å². The molecule has 2 aliphatic heterocycles. The van der Waals surface area contributed by atoms with E-state index in [1.54, 1.807) is 11.3 Å². The summed E-state index contributed by atoms with van der Waals surface area (Å²) in [6.07, 6.45) is 2.17. The number of amides is 1. The maximum atomic E-state index is 12.8. The minimum absolute atomic E-state index is 0. The largest absolute Gasteiger partial charge is 0.357 e. The fraction of sp³-hybridized carbons (Fsp3) is 0.783. The first kappa shape index (κ1) is 27.3. The van der Waals surface area contributed by atoms with Gasteiger partial charge in [-0.15, -0.1) is 35.3 Å². The fourth-order valence-corrected chi connectivity index (χ4v) is 5.70. The lowest BCUT2D eigenvalue weighted by molar-refractivity contribution is -0.135. The van der Waals surface area contributed by atoms with E-state index >= 15 is 0 Å². The van der Waals surface area contributed by atoms with Crippen LogP contribution in [0.15, 0.2) is 4.99 Å². The molecule has 2 fully saturated rings. The van der Waals surface area contributed by atoms with E-state index in [9.17, 15) is 4.79 Å². The van der Waals surface area contributed by atoms with Crippen molar-refractivity contribution in [2.75, 3.05) is 58.9 Å². The van der Waals surface area contributed by atoms with Crippen molar-refractivity contribution in [1.29, 1.82) is 0 Å². The highest BCUT2D eigenvalue weighted by atomic mass is 127. The molecule has 7 nitrogen and oxygen atoms in total. The van der Waals surface area contributed by atoms with Crippen molar-refractivity contribution in [3.05, 3.63) is 15.6 Å². The van der Waals surface area contributed by atoms with Crippen LogP contribution in [-0.2, 0) is 11.2 Å². The number of carbonyl (C=O) groups excluding carboxylic acids is 1. The Morgan fingerprint density at radius 3 is 2.34 bits per heavy atom. The number of piperidine rings is 1. The second kappa shape index (κ2) is 13.1. The fourth-order valence-electron chi connectivity index (χ4n) is 4.77. The number of piperazine rings is 1. The molecule has 1 N–H and O–H groups in total. The van der Waals surface area contributed by atoms with Gasteiger partial charge in [0, 0.05) is 63.7 Å². The predicted molar refractivity (Wildman–Crippen MR) is 144 cm³/mol. The second-order valence-corrected chi connectivity index (χ2v) is 10.5. The lowest BCUT2D eigenvalue weighted by Gasteiger charge is -2.39. The van der Waals surface area contributed by atoms with Gasteiger partial charge in [-0.1, -0.05) is 13.8 Å². The third-order valence-corrected chi connectivity index (χ3v) is 7.32. The van der Waals surface area contributed by atoms with Gasteiger partial charge in [0.05, 0.1) is 17.2 Å². The minimum Gasteiger partial charge on any atom is -0.357 e. The molecule has 32 heavy (non-hydrogen) atoms. The summed E-state index contributed by atoms with van der Waals surface area (Å²) in [6.45, 7) is 18.4. The molecule has 1 aromatic rings. The van der Waals surface area contributed by atoms with Gasteiger partial charge >= 0.3 is 0 Å². The summed E-state index contributed by atoms with van der Waals surface area (Å²) in [5.41, 5.74) is 1.14. The first-order valence-corrected chi connectivity index (χ1v) is 12.6. The molecule has 0 spiro atoms. The molecule has 0 radical (unpaired) electrons. The SMILES string of the molecule is CCNC(=NCCc1sc(C)nc1C)N1CCN(CC(=O)N2CC(C)CC(C)C2)CC1.I. The average molecular weight is 577 g/mol. The van der Waals surface area contributed by atoms with E-state index in [-0.39, 0.29) is 24.0 Å². The van der Waals surface area contributed by atoms with Gasteiger partial charge < -0.3 is 15.1 Å². The van der Waals surface area contributed by atoms with Crippen LogP contribution < -0.4 is 5.32 Å². The van der Waals surface area contributed by atoms with Crippen molar-refractivity contribution >= 4 is 47.2 Å². The van der Waals surface area contributed by atoms with Gasteiger partial charge in [-0.3, -0.25) is 14.7 Å². The summed E-state index contributed by atoms with van der Waals surface area (Å²) < 4.78 is 0. The molecular formula is C23H41IN6OS. The number of likely N-dealkylation sites (tertiary alicyclic amines) is 1. The van der Waals surface area contributed by atoms with Crippen LogP contribution in [0, 0.1) is 25.7 Å². The van der Waals surface area contributed by atoms with E-state index in [0.29, 0.717) is 24.3 Å². The number of thiazole rings is 1. The normalized spacial score (nSPS) is 22.6. The van der Waals surface area contributed by atoms with E-state index in [0.717, 1.165) is 75.4 Å². The summed E-state index contributed by atoms with van der Waals surface area (Å²) in [7, 11) is 0. The number of nitrogens with one attached hydrogen (secondary N) is 1. The van der Waals surface area contributed by atoms with E-state index in [1.807, 2.05) is 0 Å². The Balaban J connectivity index is 0.00000363. The molecule has 182 valence electrons. The molecule has 2 unspecified atom stereocenters. The Kier molecular flexibility index (Phi) is 11.2. The Morgan fingerprint density at radius 1 is 1.12 bits per heavy atom. The molecule has 0 saturated carbocycles. The summed E-state index contributed by atoms with van der Waals surface area (Å²) in [6, 6.07) is 0. The monoisotopic (exact) mass is 576 g/mol. The molecule has 2 saturated heterocycles. The Hall–Kier alpha value is -0.940. The van der Waals surface area contributed by atoms with Crippen LogP contribution in [0.25, 0.3) is 0 Å². The summed E-state index contributed by atoms with van der Waals surface area (Å²) in [4.78, 5) is 30.3. The number of hydrogen-bond donors (Lipinski definition) is 1. The third kappa shape index (κ3) is 7.83. The summed E-state index contributed by atoms with van der Waals surface area (Å²) in [5.74, 6) is 2.51. The standard InChI is InChI=1S/C23H40N6OS.HI/c1-6-24-23(25-8-7-21-19(4)26-20(5)31-21)28-11-9-27(10-12-28)16-22(30)29-14-17(2)13-18(3)15-29;/h17-18H,6-16H2,1-5H3,(H,24,25);1H. The topological polar surface area (TPSA) is 64.1 Å². The summed E-state index contributed by atoms with van der Waals surface area (Å²) >= 11 is 1.78. The Bertz CT molecular complexity index is 752. The number of carbonyl (C=O) groups is 1. The van der Waals surface area contributed by atoms with Gasteiger partial charge in [0.2, 0.25) is 5.91 Å². The van der Waals surface area contributed by atoms with Gasteiger partial charge in [0.25, 0.3) is 0 Å². The van der Waals surface area contributed by atoms with Crippen LogP contribution in [0.3, 0.4) is 0 Å². The van der Waals surface area contributed by atoms with Gasteiger partial charge in [0.15, 0.2) is 5.96 Å². The molecule has 0 aromatic carbocycles. The molecule has 3 heterocycles. The van der Waals surface area contributed by atoms with E-state index in [4.69, 9.17) is 4.99 Å². The molecule has 3 rings (SSSR count). The van der Waals surface area contributed by atoms with Gasteiger partial charge in [-0.05, 0) is 39.0 Å². The minimum atomic E-state index is 0. The highest BCUT2D eigenvalue weighted by Crippen LogP contribution is 2.21. The number of hydrogen-bond acceptors (Lipinski definition) is 5. The number of guanidine groups is 1. The third-order valence-electron chi connectivity index (χ3n) is 6.19. The quantitative estimate of drug-likeness (QED) is 0.321. The average Bonchev–Trinajstić information content (AvgIpc) is 3.04. The molecule has 1 amide bonds. The maximum Gasteiger partial charge on any atom is 0.236 e. The van der Waals surface area contributed by atoms with Gasteiger partial charge in [-0.25, -0.2) is 4.98 Å². The van der Waals surface area contributed by atoms with Crippen molar-refractivity contribution in [3.8, 4) is 0 Å². The molecule has 1 aromatic heterocycles. The zero-order valence-corrected chi connectivity index (χ0v) is 23.5. The highest BCUT2D eigenvalue weighted by Gasteiger charge is 2.28. The molecule has 2 aliphatic rings. The Labute approximate surface area is 215 Å². The molecule has 9 heteroatoms. The number of rotatable bonds is 6. The first-order valence-electron chi connectivity index (χ1n) is 11.8. The Morgan fingerprint density at radius 2 is 1.78 bits per heavy atom. The van der Waals surface area contributed by atoms with Crippen LogP contribution in [0.5, 0.6) is 0 Å². The number of halogens is 1. The second-order valence-electron chi connectivity index (χ2n) is 9.24. The van der Waals surface area contributed by atoms with Gasteiger partial charge in [-0.2, -0.15) is 0 Å². The van der Waals surface area contributed by atoms with Crippen LogP contribution in [0.4, 0.5) is 0 Å². The number of aliphatic imine (C=N–C) groups is 1. The lowest BCUT2D eigenvalue weighted by Crippen LogP contribution is -2.55. The van der Waals surface area contributed by atoms with Crippen LogP contribution in [-0.4, -0.2) is 90.5 Å². The zero-order valence-electron chi connectivity index (χ0n) is 20.4. The van der Waals surface area contributed by atoms with E-state index in [1.165, 1.54) is 11.3 Å². The number of aromatic nitrogens is 1. The first-order chi connectivity index (χ1) is 14.9. The van der Waals surface area contributed by atoms with Crippen molar-refractivity contribution < 1.29 is 4.79 Å². The summed E-state index contributed by atoms with van der Waals surface area (Å²) in [5, 5.41) is 4.57. The highest BCUT2D eigenvalue weighted by molar-refractivity contribution is 14.0. The molecule has 0 bridgehead atoms. The van der Waals surface area contributed by atoms with E-state index in [2.05, 4.69) is 59.6 Å². The van der Waals surface area contributed by atoms with Crippen molar-refractivity contribution in [2.45, 2.75) is 47.5 Å². The van der Waals surface area contributed by atoms with Crippen LogP contribution in [0.2, 0.25) is 0 Å². The molecular weight excluding hydrogens is 535 g/mol. The van der Waals surface area contributed by atoms with Crippen LogP contribution in [0.1, 0.15) is 42.8 Å². The lowest BCUT2D eigenvalue weighted by atomic mass is 9.92. The molecule has 2 atom stereocenters. The number of nitrogens with zero attached hydrogens (tertiary/aromatic N) is 5. The molecule has 0 aliphatic carbocycles. The van der Waals surface area contributed by atoms with Crippen LogP contribution >= 0.6 is 35.3 Å². The maximum absolute atomic E-state index is 12.8. The van der Waals surface area contributed by atoms with Crippen molar-refractivity contribution in [2.24, 2.45) is 16.8 Å². The van der Waals surface area contributed by atoms with E-state index < -0.39 is 0 Å². The number of aryl methyl sites for hydroxylation is 2. The predicted octanol–water partition coefficient (Wildman–Crippen LogP) is 3.01. The van der Waals surface area contributed by atoms with Crippen molar-refractivity contribution in [1.82, 2.24) is 25.0 Å².